The largest absolute Gasteiger partial charge is 0.494 e. The Kier molecular flexibility index (Phi) is 6.76. The number of rotatable bonds is 7. The van der Waals surface area contributed by atoms with Crippen LogP contribution in [0.15, 0.2) is 47.4 Å². The van der Waals surface area contributed by atoms with E-state index in [1.807, 2.05) is 6.92 Å². The second-order valence-electron chi connectivity index (χ2n) is 6.74. The lowest BCUT2D eigenvalue weighted by molar-refractivity contribution is -0.385. The minimum atomic E-state index is -3.70. The van der Waals surface area contributed by atoms with Gasteiger partial charge in [0.1, 0.15) is 5.75 Å². The van der Waals surface area contributed by atoms with Gasteiger partial charge in [-0.1, -0.05) is 0 Å². The Bertz CT molecular complexity index is 1060. The van der Waals surface area contributed by atoms with Crippen LogP contribution >= 0.6 is 0 Å². The average molecular weight is 449 g/mol. The number of piperazine rings is 1. The van der Waals surface area contributed by atoms with Gasteiger partial charge >= 0.3 is 5.69 Å². The highest BCUT2D eigenvalue weighted by molar-refractivity contribution is 7.89. The van der Waals surface area contributed by atoms with E-state index in [4.69, 9.17) is 9.47 Å². The van der Waals surface area contributed by atoms with Crippen molar-refractivity contribution in [3.05, 3.63) is 58.1 Å². The van der Waals surface area contributed by atoms with Crippen LogP contribution in [0.3, 0.4) is 0 Å². The average Bonchev–Trinajstić information content (AvgIpc) is 2.78. The van der Waals surface area contributed by atoms with Gasteiger partial charge in [0.25, 0.3) is 5.91 Å². The van der Waals surface area contributed by atoms with Gasteiger partial charge in [0, 0.05) is 37.8 Å². The molecule has 31 heavy (non-hydrogen) atoms. The van der Waals surface area contributed by atoms with Crippen molar-refractivity contribution in [2.75, 3.05) is 39.9 Å². The van der Waals surface area contributed by atoms with Crippen molar-refractivity contribution in [3.8, 4) is 11.5 Å². The first kappa shape index (κ1) is 22.5. The molecule has 0 N–H and O–H groups in total. The van der Waals surface area contributed by atoms with E-state index in [2.05, 4.69) is 0 Å². The molecule has 0 radical (unpaired) electrons. The molecule has 0 aliphatic carbocycles. The molecule has 0 unspecified atom stereocenters. The van der Waals surface area contributed by atoms with Crippen molar-refractivity contribution >= 4 is 21.6 Å². The number of hydrogen-bond donors (Lipinski definition) is 0. The van der Waals surface area contributed by atoms with Crippen molar-refractivity contribution in [1.29, 1.82) is 0 Å². The molecule has 3 rings (SSSR count). The summed E-state index contributed by atoms with van der Waals surface area (Å²) < 4.78 is 37.4. The number of carbonyl (C=O) groups is 1. The van der Waals surface area contributed by atoms with Gasteiger partial charge in [-0.15, -0.1) is 0 Å². The molecule has 10 nitrogen and oxygen atoms in total. The minimum absolute atomic E-state index is 0.0628. The zero-order chi connectivity index (χ0) is 22.6. The lowest BCUT2D eigenvalue weighted by atomic mass is 10.1. The van der Waals surface area contributed by atoms with Gasteiger partial charge in [0.15, 0.2) is 5.75 Å². The topological polar surface area (TPSA) is 119 Å². The van der Waals surface area contributed by atoms with Crippen LogP contribution in [0.5, 0.6) is 11.5 Å². The molecule has 0 aromatic heterocycles. The van der Waals surface area contributed by atoms with Gasteiger partial charge in [-0.25, -0.2) is 8.42 Å². The predicted molar refractivity (Wildman–Crippen MR) is 112 cm³/mol. The van der Waals surface area contributed by atoms with E-state index < -0.39 is 20.9 Å². The van der Waals surface area contributed by atoms with Crippen molar-refractivity contribution < 1.29 is 27.6 Å². The number of nitrogens with zero attached hydrogens (tertiary/aromatic N) is 3. The summed E-state index contributed by atoms with van der Waals surface area (Å²) in [5.74, 6) is 0.252. The number of nitro benzene ring substituents is 1. The third-order valence-corrected chi connectivity index (χ3v) is 6.83. The molecule has 0 atom stereocenters. The van der Waals surface area contributed by atoms with Gasteiger partial charge in [0.05, 0.1) is 23.5 Å². The quantitative estimate of drug-likeness (QED) is 0.469. The van der Waals surface area contributed by atoms with Crippen molar-refractivity contribution in [1.82, 2.24) is 9.21 Å². The number of hydrogen-bond acceptors (Lipinski definition) is 7. The molecule has 11 heteroatoms. The van der Waals surface area contributed by atoms with Gasteiger partial charge in [-0.2, -0.15) is 4.31 Å². The fraction of sp³-hybridized carbons (Fsp3) is 0.350. The number of nitro groups is 1. The van der Waals surface area contributed by atoms with E-state index in [1.54, 1.807) is 12.1 Å². The number of carbonyl (C=O) groups excluding carboxylic acids is 1. The molecule has 1 amide bonds. The maximum absolute atomic E-state index is 12.9. The highest BCUT2D eigenvalue weighted by Gasteiger charge is 2.31. The van der Waals surface area contributed by atoms with Gasteiger partial charge < -0.3 is 14.4 Å². The Morgan fingerprint density at radius 2 is 1.74 bits per heavy atom. The number of amides is 1. The maximum Gasteiger partial charge on any atom is 0.311 e. The predicted octanol–water partition coefficient (Wildman–Crippen LogP) is 2.15. The SMILES string of the molecule is CCOc1ccc(S(=O)(=O)N2CCN(C(=O)c3ccc(OC)c([N+](=O)[O-])c3)CC2)cc1. The van der Waals surface area contributed by atoms with E-state index in [0.29, 0.717) is 12.4 Å². The molecule has 2 aromatic rings. The lowest BCUT2D eigenvalue weighted by Crippen LogP contribution is -2.50. The van der Waals surface area contributed by atoms with E-state index in [0.717, 1.165) is 0 Å². The molecule has 1 heterocycles. The number of ether oxygens (including phenoxy) is 2. The molecule has 0 bridgehead atoms. The van der Waals surface area contributed by atoms with Gasteiger partial charge in [0.2, 0.25) is 10.0 Å². The van der Waals surface area contributed by atoms with Gasteiger partial charge in [-0.3, -0.25) is 14.9 Å². The van der Waals surface area contributed by atoms with Gasteiger partial charge in [-0.05, 0) is 43.3 Å². The first-order chi connectivity index (χ1) is 14.8. The van der Waals surface area contributed by atoms with Crippen molar-refractivity contribution in [3.63, 3.8) is 0 Å². The van der Waals surface area contributed by atoms with Crippen LogP contribution < -0.4 is 9.47 Å². The van der Waals surface area contributed by atoms with Crippen LogP contribution in [0.25, 0.3) is 0 Å². The number of methoxy groups -OCH3 is 1. The smallest absolute Gasteiger partial charge is 0.311 e. The standard InChI is InChI=1S/C20H23N3O7S/c1-3-30-16-5-7-17(8-6-16)31(27,28)22-12-10-21(11-13-22)20(24)15-4-9-19(29-2)18(14-15)23(25)26/h4-9,14H,3,10-13H2,1-2H3. The highest BCUT2D eigenvalue weighted by Crippen LogP contribution is 2.28. The second kappa shape index (κ2) is 9.31. The lowest BCUT2D eigenvalue weighted by Gasteiger charge is -2.34. The summed E-state index contributed by atoms with van der Waals surface area (Å²) in [5.41, 5.74) is -0.152. The summed E-state index contributed by atoms with van der Waals surface area (Å²) >= 11 is 0. The zero-order valence-corrected chi connectivity index (χ0v) is 18.0. The molecule has 1 aliphatic heterocycles. The minimum Gasteiger partial charge on any atom is -0.494 e. The third kappa shape index (κ3) is 4.78. The summed E-state index contributed by atoms with van der Waals surface area (Å²) in [4.78, 5) is 25.0. The summed E-state index contributed by atoms with van der Waals surface area (Å²) in [5, 5.41) is 11.2. The Hall–Kier alpha value is -3.18. The van der Waals surface area contributed by atoms with Crippen LogP contribution in [0, 0.1) is 10.1 Å². The normalized spacial score (nSPS) is 14.8. The van der Waals surface area contributed by atoms with E-state index in [-0.39, 0.29) is 48.1 Å². The molecule has 1 fully saturated rings. The van der Waals surface area contributed by atoms with E-state index in [1.165, 1.54) is 46.6 Å². The molecule has 166 valence electrons. The Balaban J connectivity index is 1.69. The fourth-order valence-electron chi connectivity index (χ4n) is 3.30. The maximum atomic E-state index is 12.9. The number of benzene rings is 2. The van der Waals surface area contributed by atoms with Crippen LogP contribution in [0.1, 0.15) is 17.3 Å². The summed E-state index contributed by atoms with van der Waals surface area (Å²) in [6.45, 7) is 2.93. The first-order valence-electron chi connectivity index (χ1n) is 9.62. The van der Waals surface area contributed by atoms with Crippen molar-refractivity contribution in [2.45, 2.75) is 11.8 Å². The second-order valence-corrected chi connectivity index (χ2v) is 8.68. The van der Waals surface area contributed by atoms with Crippen LogP contribution in [-0.2, 0) is 10.0 Å². The third-order valence-electron chi connectivity index (χ3n) is 4.92. The Morgan fingerprint density at radius 3 is 2.29 bits per heavy atom. The molecule has 2 aromatic carbocycles. The molecular formula is C20H23N3O7S. The summed E-state index contributed by atoms with van der Waals surface area (Å²) in [6, 6.07) is 10.2. The molecule has 1 saturated heterocycles. The molecule has 0 spiro atoms. The first-order valence-corrected chi connectivity index (χ1v) is 11.1. The summed E-state index contributed by atoms with van der Waals surface area (Å²) in [7, 11) is -2.39. The fourth-order valence-corrected chi connectivity index (χ4v) is 4.73. The Labute approximate surface area is 180 Å². The van der Waals surface area contributed by atoms with Crippen LogP contribution in [-0.4, -0.2) is 68.3 Å². The van der Waals surface area contributed by atoms with Crippen LogP contribution in [0.4, 0.5) is 5.69 Å². The monoisotopic (exact) mass is 449 g/mol. The van der Waals surface area contributed by atoms with E-state index >= 15 is 0 Å². The highest BCUT2D eigenvalue weighted by atomic mass is 32.2. The number of sulfonamides is 1. The van der Waals surface area contributed by atoms with Crippen molar-refractivity contribution in [2.24, 2.45) is 0 Å². The zero-order valence-electron chi connectivity index (χ0n) is 17.2. The molecule has 0 saturated carbocycles. The van der Waals surface area contributed by atoms with E-state index in [9.17, 15) is 23.3 Å². The van der Waals surface area contributed by atoms with Crippen LogP contribution in [0.2, 0.25) is 0 Å². The molecular weight excluding hydrogens is 426 g/mol. The Morgan fingerprint density at radius 1 is 1.10 bits per heavy atom. The molecule has 1 aliphatic rings. The summed E-state index contributed by atoms with van der Waals surface area (Å²) in [6.07, 6.45) is 0.